The SMILES string of the molecule is COc1ccc(-c2coc3c4c(ccc3c2=O)OCN(Cc2ccc(OC)c(OC)c2)C4)cc1. The lowest BCUT2D eigenvalue weighted by molar-refractivity contribution is 0.0889. The number of rotatable bonds is 6. The third-order valence-corrected chi connectivity index (χ3v) is 6.04. The Hall–Kier alpha value is -3.97. The maximum Gasteiger partial charge on any atom is 0.200 e. The lowest BCUT2D eigenvalue weighted by Crippen LogP contribution is -2.31. The van der Waals surface area contributed by atoms with Crippen molar-refractivity contribution in [2.45, 2.75) is 13.1 Å². The highest BCUT2D eigenvalue weighted by molar-refractivity contribution is 5.85. The summed E-state index contributed by atoms with van der Waals surface area (Å²) in [5.41, 5.74) is 3.69. The van der Waals surface area contributed by atoms with E-state index in [-0.39, 0.29) is 5.43 Å². The van der Waals surface area contributed by atoms with Crippen LogP contribution in [0.25, 0.3) is 22.1 Å². The fraction of sp³-hybridized carbons (Fsp3) is 0.222. The van der Waals surface area contributed by atoms with Crippen LogP contribution in [0.1, 0.15) is 11.1 Å². The van der Waals surface area contributed by atoms with E-state index in [1.54, 1.807) is 27.4 Å². The van der Waals surface area contributed by atoms with Crippen LogP contribution < -0.4 is 24.4 Å². The van der Waals surface area contributed by atoms with Crippen LogP contribution in [0.15, 0.2) is 70.1 Å². The first kappa shape index (κ1) is 21.9. The molecule has 3 aromatic carbocycles. The molecule has 5 rings (SSSR count). The summed E-state index contributed by atoms with van der Waals surface area (Å²) in [6, 6.07) is 16.8. The molecule has 0 spiro atoms. The molecule has 174 valence electrons. The second-order valence-electron chi connectivity index (χ2n) is 8.08. The van der Waals surface area contributed by atoms with Crippen molar-refractivity contribution in [3.63, 3.8) is 0 Å². The summed E-state index contributed by atoms with van der Waals surface area (Å²) in [4.78, 5) is 15.4. The normalized spacial score (nSPS) is 13.3. The van der Waals surface area contributed by atoms with Crippen LogP contribution >= 0.6 is 0 Å². The van der Waals surface area contributed by atoms with Crippen molar-refractivity contribution in [1.82, 2.24) is 4.90 Å². The molecule has 0 saturated heterocycles. The van der Waals surface area contributed by atoms with Crippen LogP contribution in [-0.4, -0.2) is 33.0 Å². The summed E-state index contributed by atoms with van der Waals surface area (Å²) in [5.74, 6) is 2.83. The van der Waals surface area contributed by atoms with E-state index in [9.17, 15) is 4.79 Å². The van der Waals surface area contributed by atoms with Crippen LogP contribution in [0.4, 0.5) is 0 Å². The molecule has 2 heterocycles. The van der Waals surface area contributed by atoms with Crippen LogP contribution in [-0.2, 0) is 13.1 Å². The van der Waals surface area contributed by atoms with Gasteiger partial charge in [0.25, 0.3) is 0 Å². The molecule has 34 heavy (non-hydrogen) atoms. The second kappa shape index (κ2) is 9.11. The molecule has 1 aliphatic heterocycles. The Morgan fingerprint density at radius 3 is 2.44 bits per heavy atom. The summed E-state index contributed by atoms with van der Waals surface area (Å²) >= 11 is 0. The Balaban J connectivity index is 1.45. The molecule has 0 amide bonds. The Bertz CT molecular complexity index is 1390. The molecule has 0 aliphatic carbocycles. The van der Waals surface area contributed by atoms with E-state index in [1.165, 1.54) is 6.26 Å². The number of hydrogen-bond acceptors (Lipinski definition) is 7. The van der Waals surface area contributed by atoms with Crippen LogP contribution in [0.5, 0.6) is 23.0 Å². The van der Waals surface area contributed by atoms with Gasteiger partial charge in [0, 0.05) is 13.1 Å². The molecule has 0 fully saturated rings. The molecular formula is C27H25NO6. The Morgan fingerprint density at radius 1 is 0.912 bits per heavy atom. The second-order valence-corrected chi connectivity index (χ2v) is 8.08. The first-order valence-electron chi connectivity index (χ1n) is 10.9. The maximum absolute atomic E-state index is 13.3. The van der Waals surface area contributed by atoms with Gasteiger partial charge in [0.05, 0.1) is 37.8 Å². The van der Waals surface area contributed by atoms with E-state index in [4.69, 9.17) is 23.4 Å². The first-order chi connectivity index (χ1) is 16.6. The molecule has 0 unspecified atom stereocenters. The van der Waals surface area contributed by atoms with Gasteiger partial charge in [-0.15, -0.1) is 0 Å². The van der Waals surface area contributed by atoms with E-state index >= 15 is 0 Å². The minimum Gasteiger partial charge on any atom is -0.497 e. The van der Waals surface area contributed by atoms with Gasteiger partial charge in [0.2, 0.25) is 5.43 Å². The van der Waals surface area contributed by atoms with Gasteiger partial charge >= 0.3 is 0 Å². The van der Waals surface area contributed by atoms with Crippen LogP contribution in [0, 0.1) is 0 Å². The molecular weight excluding hydrogens is 434 g/mol. The van der Waals surface area contributed by atoms with E-state index in [0.29, 0.717) is 47.9 Å². The summed E-state index contributed by atoms with van der Waals surface area (Å²) in [6.45, 7) is 1.66. The number of ether oxygens (including phenoxy) is 4. The van der Waals surface area contributed by atoms with E-state index in [0.717, 1.165) is 28.2 Å². The van der Waals surface area contributed by atoms with Crippen molar-refractivity contribution in [3.05, 3.63) is 82.2 Å². The average Bonchev–Trinajstić information content (AvgIpc) is 2.89. The van der Waals surface area contributed by atoms with Crippen molar-refractivity contribution in [2.75, 3.05) is 28.1 Å². The number of methoxy groups -OCH3 is 3. The monoisotopic (exact) mass is 459 g/mol. The fourth-order valence-electron chi connectivity index (χ4n) is 4.26. The van der Waals surface area contributed by atoms with Gasteiger partial charge in [-0.3, -0.25) is 9.69 Å². The number of benzene rings is 3. The minimum absolute atomic E-state index is 0.0776. The lowest BCUT2D eigenvalue weighted by Gasteiger charge is -2.29. The topological polar surface area (TPSA) is 70.4 Å². The molecule has 1 aromatic heterocycles. The summed E-state index contributed by atoms with van der Waals surface area (Å²) in [5, 5.41) is 0.531. The molecule has 0 atom stereocenters. The van der Waals surface area contributed by atoms with E-state index < -0.39 is 0 Å². The van der Waals surface area contributed by atoms with Gasteiger partial charge in [0.15, 0.2) is 11.5 Å². The zero-order chi connectivity index (χ0) is 23.7. The first-order valence-corrected chi connectivity index (χ1v) is 10.9. The zero-order valence-corrected chi connectivity index (χ0v) is 19.3. The van der Waals surface area contributed by atoms with Crippen molar-refractivity contribution in [2.24, 2.45) is 0 Å². The standard InChI is InChI=1S/C27H25NO6/c1-30-19-7-5-18(6-8-19)22-15-33-27-20(26(22)29)9-11-23-21(27)14-28(16-34-23)13-17-4-10-24(31-2)25(12-17)32-3/h4-12,15H,13-14,16H2,1-3H3. The fourth-order valence-corrected chi connectivity index (χ4v) is 4.26. The third-order valence-electron chi connectivity index (χ3n) is 6.04. The predicted octanol–water partition coefficient (Wildman–Crippen LogP) is 4.84. The molecule has 0 bridgehead atoms. The quantitative estimate of drug-likeness (QED) is 0.409. The van der Waals surface area contributed by atoms with Gasteiger partial charge in [-0.1, -0.05) is 18.2 Å². The number of hydrogen-bond donors (Lipinski definition) is 0. The summed E-state index contributed by atoms with van der Waals surface area (Å²) < 4.78 is 28.0. The van der Waals surface area contributed by atoms with E-state index in [1.807, 2.05) is 48.5 Å². The Labute approximate surface area is 197 Å². The lowest BCUT2D eigenvalue weighted by atomic mass is 10.0. The average molecular weight is 459 g/mol. The third kappa shape index (κ3) is 3.95. The number of fused-ring (bicyclic) bond motifs is 3. The van der Waals surface area contributed by atoms with Gasteiger partial charge in [0.1, 0.15) is 30.1 Å². The van der Waals surface area contributed by atoms with Crippen LogP contribution in [0.2, 0.25) is 0 Å². The smallest absolute Gasteiger partial charge is 0.200 e. The highest BCUT2D eigenvalue weighted by atomic mass is 16.5. The Kier molecular flexibility index (Phi) is 5.86. The minimum atomic E-state index is -0.0776. The molecule has 1 aliphatic rings. The van der Waals surface area contributed by atoms with Crippen molar-refractivity contribution < 1.29 is 23.4 Å². The zero-order valence-electron chi connectivity index (χ0n) is 19.3. The largest absolute Gasteiger partial charge is 0.497 e. The highest BCUT2D eigenvalue weighted by Crippen LogP contribution is 2.34. The maximum atomic E-state index is 13.3. The van der Waals surface area contributed by atoms with Gasteiger partial charge in [-0.25, -0.2) is 0 Å². The predicted molar refractivity (Wildman–Crippen MR) is 129 cm³/mol. The molecule has 7 nitrogen and oxygen atoms in total. The van der Waals surface area contributed by atoms with Gasteiger partial charge in [-0.2, -0.15) is 0 Å². The molecule has 4 aromatic rings. The van der Waals surface area contributed by atoms with Crippen molar-refractivity contribution in [3.8, 4) is 34.1 Å². The highest BCUT2D eigenvalue weighted by Gasteiger charge is 2.23. The van der Waals surface area contributed by atoms with Crippen LogP contribution in [0.3, 0.4) is 0 Å². The van der Waals surface area contributed by atoms with E-state index in [2.05, 4.69) is 4.90 Å². The summed E-state index contributed by atoms with van der Waals surface area (Å²) in [7, 11) is 4.85. The Morgan fingerprint density at radius 2 is 1.71 bits per heavy atom. The number of nitrogens with zero attached hydrogens (tertiary/aromatic N) is 1. The van der Waals surface area contributed by atoms with Crippen molar-refractivity contribution >= 4 is 11.0 Å². The van der Waals surface area contributed by atoms with Gasteiger partial charge < -0.3 is 23.4 Å². The molecule has 7 heteroatoms. The van der Waals surface area contributed by atoms with Gasteiger partial charge in [-0.05, 0) is 47.5 Å². The molecule has 0 N–H and O–H groups in total. The van der Waals surface area contributed by atoms with Crippen molar-refractivity contribution in [1.29, 1.82) is 0 Å². The summed E-state index contributed by atoms with van der Waals surface area (Å²) in [6.07, 6.45) is 1.53. The molecule has 0 radical (unpaired) electrons. The molecule has 0 saturated carbocycles.